The van der Waals surface area contributed by atoms with Crippen molar-refractivity contribution in [3.05, 3.63) is 52.7 Å². The van der Waals surface area contributed by atoms with Gasteiger partial charge in [0.2, 0.25) is 0 Å². The van der Waals surface area contributed by atoms with E-state index in [0.717, 1.165) is 5.56 Å². The van der Waals surface area contributed by atoms with Crippen molar-refractivity contribution in [3.63, 3.8) is 0 Å². The molecule has 24 heavy (non-hydrogen) atoms. The van der Waals surface area contributed by atoms with Gasteiger partial charge < -0.3 is 14.8 Å². The molecule has 0 radical (unpaired) electrons. The molecule has 1 aliphatic rings. The molecule has 1 aliphatic heterocycles. The molecule has 5 nitrogen and oxygen atoms in total. The van der Waals surface area contributed by atoms with Crippen LogP contribution in [-0.4, -0.2) is 31.2 Å². The summed E-state index contributed by atoms with van der Waals surface area (Å²) < 4.78 is 10.4. The third kappa shape index (κ3) is 3.50. The second kappa shape index (κ2) is 7.81. The zero-order chi connectivity index (χ0) is 17.7. The van der Waals surface area contributed by atoms with E-state index < -0.39 is 11.9 Å². The molecule has 2 rings (SSSR count). The van der Waals surface area contributed by atoms with E-state index in [1.807, 2.05) is 44.2 Å². The average Bonchev–Trinajstić information content (AvgIpc) is 2.55. The number of hydrogen-bond donors (Lipinski definition) is 1. The quantitative estimate of drug-likeness (QED) is 0.842. The monoisotopic (exact) mass is 329 g/mol. The summed E-state index contributed by atoms with van der Waals surface area (Å²) in [4.78, 5) is 25.0. The molecular weight excluding hydrogens is 306 g/mol. The fourth-order valence-electron chi connectivity index (χ4n) is 2.86. The summed E-state index contributed by atoms with van der Waals surface area (Å²) in [6, 6.07) is 9.11. The van der Waals surface area contributed by atoms with E-state index in [9.17, 15) is 9.59 Å². The molecule has 0 saturated heterocycles. The third-order valence-corrected chi connectivity index (χ3v) is 3.80. The van der Waals surface area contributed by atoms with Crippen molar-refractivity contribution >= 4 is 17.5 Å². The number of nitrogens with one attached hydrogen (secondary N) is 1. The van der Waals surface area contributed by atoms with Crippen molar-refractivity contribution in [3.8, 4) is 0 Å². The number of carbonyl (C=O) groups excluding carboxylic acids is 2. The largest absolute Gasteiger partial charge is 0.463 e. The molecule has 0 fully saturated rings. The lowest BCUT2D eigenvalue weighted by molar-refractivity contribution is -0.138. The van der Waals surface area contributed by atoms with Gasteiger partial charge in [0, 0.05) is 11.3 Å². The third-order valence-electron chi connectivity index (χ3n) is 3.80. The summed E-state index contributed by atoms with van der Waals surface area (Å²) >= 11 is 0. The number of ether oxygens (including phenoxy) is 2. The molecule has 0 aliphatic carbocycles. The Hall–Kier alpha value is -2.56. The number of esters is 2. The van der Waals surface area contributed by atoms with E-state index in [0.29, 0.717) is 22.4 Å². The lowest BCUT2D eigenvalue weighted by Gasteiger charge is -2.29. The minimum atomic E-state index is -0.449. The smallest absolute Gasteiger partial charge is 0.340 e. The fourth-order valence-corrected chi connectivity index (χ4v) is 2.86. The topological polar surface area (TPSA) is 64.6 Å². The highest BCUT2D eigenvalue weighted by Gasteiger charge is 2.34. The molecule has 1 heterocycles. The maximum atomic E-state index is 12.5. The van der Waals surface area contributed by atoms with E-state index in [1.54, 1.807) is 13.8 Å². The number of benzene rings is 1. The van der Waals surface area contributed by atoms with Gasteiger partial charge in [-0.1, -0.05) is 30.3 Å². The van der Waals surface area contributed by atoms with Crippen LogP contribution in [0.1, 0.15) is 33.3 Å². The van der Waals surface area contributed by atoms with Gasteiger partial charge in [-0.25, -0.2) is 9.59 Å². The van der Waals surface area contributed by atoms with Crippen molar-refractivity contribution < 1.29 is 19.1 Å². The van der Waals surface area contributed by atoms with Crippen LogP contribution in [0.2, 0.25) is 0 Å². The first-order valence-electron chi connectivity index (χ1n) is 8.12. The molecule has 1 aromatic rings. The van der Waals surface area contributed by atoms with Gasteiger partial charge in [0.25, 0.3) is 0 Å². The van der Waals surface area contributed by atoms with Crippen LogP contribution in [0, 0.1) is 0 Å². The van der Waals surface area contributed by atoms with Crippen molar-refractivity contribution in [2.24, 2.45) is 0 Å². The Balaban J connectivity index is 2.70. The van der Waals surface area contributed by atoms with Gasteiger partial charge in [-0.15, -0.1) is 0 Å². The number of rotatable bonds is 5. The molecule has 1 atom stereocenters. The Kier molecular flexibility index (Phi) is 5.79. The lowest BCUT2D eigenvalue weighted by atomic mass is 9.86. The second-order valence-corrected chi connectivity index (χ2v) is 5.46. The van der Waals surface area contributed by atoms with Crippen molar-refractivity contribution in [1.29, 1.82) is 0 Å². The zero-order valence-corrected chi connectivity index (χ0v) is 14.5. The summed E-state index contributed by atoms with van der Waals surface area (Å²) in [5.41, 5.74) is 2.88. The SMILES string of the molecule is CCOC(=O)C1=C(C)NC(C)C(C(=O)OCC)=C1c1ccccc1. The lowest BCUT2D eigenvalue weighted by Crippen LogP contribution is -2.37. The van der Waals surface area contributed by atoms with Gasteiger partial charge in [0.1, 0.15) is 0 Å². The maximum absolute atomic E-state index is 12.5. The Bertz CT molecular complexity index is 689. The Morgan fingerprint density at radius 1 is 1.04 bits per heavy atom. The van der Waals surface area contributed by atoms with Crippen LogP contribution in [0.4, 0.5) is 0 Å². The predicted molar refractivity (Wildman–Crippen MR) is 91.9 cm³/mol. The first-order chi connectivity index (χ1) is 11.5. The zero-order valence-electron chi connectivity index (χ0n) is 14.5. The predicted octanol–water partition coefficient (Wildman–Crippen LogP) is 2.83. The van der Waals surface area contributed by atoms with Crippen molar-refractivity contribution in [1.82, 2.24) is 5.32 Å². The van der Waals surface area contributed by atoms with E-state index in [-0.39, 0.29) is 19.3 Å². The van der Waals surface area contributed by atoms with Crippen molar-refractivity contribution in [2.75, 3.05) is 13.2 Å². The molecule has 0 bridgehead atoms. The normalized spacial score (nSPS) is 17.4. The first kappa shape index (κ1) is 17.8. The van der Waals surface area contributed by atoms with Crippen LogP contribution in [0.25, 0.3) is 5.57 Å². The van der Waals surface area contributed by atoms with E-state index in [1.165, 1.54) is 0 Å². The summed E-state index contributed by atoms with van der Waals surface area (Å²) in [5, 5.41) is 3.18. The van der Waals surface area contributed by atoms with Crippen LogP contribution >= 0.6 is 0 Å². The minimum Gasteiger partial charge on any atom is -0.463 e. The van der Waals surface area contributed by atoms with Gasteiger partial charge in [-0.05, 0) is 33.3 Å². The van der Waals surface area contributed by atoms with Crippen molar-refractivity contribution in [2.45, 2.75) is 33.7 Å². The maximum Gasteiger partial charge on any atom is 0.340 e. The molecule has 128 valence electrons. The van der Waals surface area contributed by atoms with E-state index in [2.05, 4.69) is 5.32 Å². The summed E-state index contributed by atoms with van der Waals surface area (Å²) in [5.74, 6) is -0.874. The molecule has 0 amide bonds. The Labute approximate surface area is 142 Å². The number of allylic oxidation sites excluding steroid dienone is 1. The Morgan fingerprint density at radius 3 is 2.21 bits per heavy atom. The van der Waals surface area contributed by atoms with E-state index >= 15 is 0 Å². The summed E-state index contributed by atoms with van der Waals surface area (Å²) in [7, 11) is 0. The second-order valence-electron chi connectivity index (χ2n) is 5.46. The highest BCUT2D eigenvalue weighted by Crippen LogP contribution is 2.35. The van der Waals surface area contributed by atoms with Crippen LogP contribution in [0.3, 0.4) is 0 Å². The number of dihydropyridines is 1. The number of hydrogen-bond acceptors (Lipinski definition) is 5. The van der Waals surface area contributed by atoms with Gasteiger partial charge in [-0.2, -0.15) is 0 Å². The van der Waals surface area contributed by atoms with Crippen LogP contribution in [-0.2, 0) is 19.1 Å². The minimum absolute atomic E-state index is 0.266. The highest BCUT2D eigenvalue weighted by molar-refractivity contribution is 6.14. The van der Waals surface area contributed by atoms with E-state index in [4.69, 9.17) is 9.47 Å². The summed E-state index contributed by atoms with van der Waals surface area (Å²) in [6.07, 6.45) is 0. The summed E-state index contributed by atoms with van der Waals surface area (Å²) in [6.45, 7) is 7.74. The van der Waals surface area contributed by atoms with Crippen LogP contribution in [0.5, 0.6) is 0 Å². The molecule has 0 aromatic heterocycles. The Morgan fingerprint density at radius 2 is 1.62 bits per heavy atom. The van der Waals surface area contributed by atoms with Crippen LogP contribution < -0.4 is 5.32 Å². The van der Waals surface area contributed by atoms with Gasteiger partial charge in [0.15, 0.2) is 0 Å². The first-order valence-corrected chi connectivity index (χ1v) is 8.12. The fraction of sp³-hybridized carbons (Fsp3) is 0.368. The van der Waals surface area contributed by atoms with Gasteiger partial charge in [0.05, 0.1) is 30.4 Å². The molecule has 0 spiro atoms. The van der Waals surface area contributed by atoms with Gasteiger partial charge in [-0.3, -0.25) is 0 Å². The molecule has 1 unspecified atom stereocenters. The average molecular weight is 329 g/mol. The molecule has 0 saturated carbocycles. The molecule has 1 N–H and O–H groups in total. The highest BCUT2D eigenvalue weighted by atomic mass is 16.5. The van der Waals surface area contributed by atoms with Gasteiger partial charge >= 0.3 is 11.9 Å². The van der Waals surface area contributed by atoms with Crippen LogP contribution in [0.15, 0.2) is 47.2 Å². The standard InChI is InChI=1S/C19H23NO4/c1-5-23-18(21)15-12(3)20-13(4)16(19(22)24-6-2)17(15)14-10-8-7-9-11-14/h7-12,20H,5-6H2,1-4H3. The number of carbonyl (C=O) groups is 2. The molecular formula is C19H23NO4. The molecule has 5 heteroatoms. The molecule has 1 aromatic carbocycles.